The molecule has 0 aromatic carbocycles. The molecule has 1 fully saturated rings. The molecule has 0 aromatic rings. The molecule has 114 valence electrons. The first-order valence-electron chi connectivity index (χ1n) is 7.55. The fourth-order valence-corrected chi connectivity index (χ4v) is 3.18. The van der Waals surface area contributed by atoms with Gasteiger partial charge in [0.15, 0.2) is 0 Å². The fourth-order valence-electron chi connectivity index (χ4n) is 3.18. The van der Waals surface area contributed by atoms with Crippen LogP contribution < -0.4 is 5.73 Å². The van der Waals surface area contributed by atoms with Crippen molar-refractivity contribution in [3.63, 3.8) is 0 Å². The predicted octanol–water partition coefficient (Wildman–Crippen LogP) is 1.88. The lowest BCUT2D eigenvalue weighted by atomic mass is 9.78. The summed E-state index contributed by atoms with van der Waals surface area (Å²) in [6, 6.07) is 0. The van der Waals surface area contributed by atoms with Gasteiger partial charge in [-0.15, -0.1) is 0 Å². The first-order chi connectivity index (χ1) is 9.07. The van der Waals surface area contributed by atoms with Gasteiger partial charge in [-0.3, -0.25) is 4.90 Å². The van der Waals surface area contributed by atoms with Crippen molar-refractivity contribution in [1.82, 2.24) is 4.90 Å². The lowest BCUT2D eigenvalue weighted by Crippen LogP contribution is -2.58. The van der Waals surface area contributed by atoms with Crippen LogP contribution in [0.1, 0.15) is 39.5 Å². The van der Waals surface area contributed by atoms with Crippen molar-refractivity contribution in [1.29, 1.82) is 0 Å². The van der Waals surface area contributed by atoms with E-state index in [1.54, 1.807) is 7.11 Å². The van der Waals surface area contributed by atoms with Gasteiger partial charge in [0.25, 0.3) is 0 Å². The summed E-state index contributed by atoms with van der Waals surface area (Å²) in [5.41, 5.74) is 6.30. The second-order valence-electron chi connectivity index (χ2n) is 6.20. The summed E-state index contributed by atoms with van der Waals surface area (Å²) >= 11 is 0. The molecule has 0 radical (unpaired) electrons. The van der Waals surface area contributed by atoms with E-state index in [-0.39, 0.29) is 5.54 Å². The van der Waals surface area contributed by atoms with Gasteiger partial charge in [-0.1, -0.05) is 13.8 Å². The van der Waals surface area contributed by atoms with E-state index in [2.05, 4.69) is 18.7 Å². The number of hydrogen-bond donors (Lipinski definition) is 1. The van der Waals surface area contributed by atoms with Gasteiger partial charge in [0.05, 0.1) is 12.7 Å². The van der Waals surface area contributed by atoms with Crippen LogP contribution in [0.4, 0.5) is 0 Å². The van der Waals surface area contributed by atoms with Gasteiger partial charge in [-0.05, 0) is 31.6 Å². The minimum absolute atomic E-state index is 0.151. The molecule has 0 aromatic heterocycles. The molecule has 1 aliphatic carbocycles. The normalized spacial score (nSPS) is 28.3. The monoisotopic (exact) mass is 272 g/mol. The van der Waals surface area contributed by atoms with Gasteiger partial charge in [-0.25, -0.2) is 0 Å². The van der Waals surface area contributed by atoms with E-state index < -0.39 is 0 Å². The summed E-state index contributed by atoms with van der Waals surface area (Å²) in [6.07, 6.45) is 4.93. The SMILES string of the molecule is COCCN(CC(C)C)C1(CN)CCC(OC)CC1. The molecule has 1 aliphatic rings. The molecule has 0 bridgehead atoms. The molecule has 0 atom stereocenters. The zero-order chi connectivity index (χ0) is 14.3. The van der Waals surface area contributed by atoms with E-state index in [1.807, 2.05) is 7.11 Å². The van der Waals surface area contributed by atoms with Crippen molar-refractivity contribution < 1.29 is 9.47 Å². The van der Waals surface area contributed by atoms with Crippen LogP contribution in [-0.4, -0.2) is 57.0 Å². The molecule has 2 N–H and O–H groups in total. The molecule has 1 saturated carbocycles. The second-order valence-corrected chi connectivity index (χ2v) is 6.20. The summed E-state index contributed by atoms with van der Waals surface area (Å²) in [5.74, 6) is 0.653. The third kappa shape index (κ3) is 4.71. The Morgan fingerprint density at radius 1 is 1.26 bits per heavy atom. The van der Waals surface area contributed by atoms with Crippen molar-refractivity contribution in [2.75, 3.05) is 40.5 Å². The number of nitrogens with two attached hydrogens (primary N) is 1. The van der Waals surface area contributed by atoms with Crippen LogP contribution in [0.5, 0.6) is 0 Å². The predicted molar refractivity (Wildman–Crippen MR) is 79.3 cm³/mol. The number of rotatable bonds is 8. The molecule has 4 heteroatoms. The van der Waals surface area contributed by atoms with Crippen LogP contribution in [0.3, 0.4) is 0 Å². The molecule has 0 spiro atoms. The maximum Gasteiger partial charge on any atom is 0.0589 e. The van der Waals surface area contributed by atoms with Gasteiger partial charge in [0, 0.05) is 39.4 Å². The van der Waals surface area contributed by atoms with Crippen LogP contribution in [0.15, 0.2) is 0 Å². The number of methoxy groups -OCH3 is 2. The quantitative estimate of drug-likeness (QED) is 0.733. The minimum atomic E-state index is 0.151. The Kier molecular flexibility index (Phi) is 7.29. The van der Waals surface area contributed by atoms with Gasteiger partial charge in [0.1, 0.15) is 0 Å². The van der Waals surface area contributed by atoms with Crippen LogP contribution in [-0.2, 0) is 9.47 Å². The van der Waals surface area contributed by atoms with E-state index in [0.717, 1.165) is 51.9 Å². The largest absolute Gasteiger partial charge is 0.383 e. The third-order valence-electron chi connectivity index (χ3n) is 4.40. The highest BCUT2D eigenvalue weighted by Gasteiger charge is 2.39. The Morgan fingerprint density at radius 3 is 2.32 bits per heavy atom. The van der Waals surface area contributed by atoms with E-state index in [9.17, 15) is 0 Å². The molecular formula is C15H32N2O2. The molecule has 0 amide bonds. The Hall–Kier alpha value is -0.160. The Morgan fingerprint density at radius 2 is 1.89 bits per heavy atom. The zero-order valence-electron chi connectivity index (χ0n) is 13.2. The van der Waals surface area contributed by atoms with Crippen molar-refractivity contribution in [3.05, 3.63) is 0 Å². The maximum atomic E-state index is 6.15. The summed E-state index contributed by atoms with van der Waals surface area (Å²) in [5, 5.41) is 0. The second kappa shape index (κ2) is 8.20. The van der Waals surface area contributed by atoms with Crippen LogP contribution >= 0.6 is 0 Å². The molecular weight excluding hydrogens is 240 g/mol. The first-order valence-corrected chi connectivity index (χ1v) is 7.55. The van der Waals surface area contributed by atoms with Crippen LogP contribution in [0.25, 0.3) is 0 Å². The van der Waals surface area contributed by atoms with Crippen molar-refractivity contribution in [3.8, 4) is 0 Å². The molecule has 4 nitrogen and oxygen atoms in total. The number of ether oxygens (including phenoxy) is 2. The van der Waals surface area contributed by atoms with Crippen molar-refractivity contribution in [2.24, 2.45) is 11.7 Å². The lowest BCUT2D eigenvalue weighted by molar-refractivity contribution is -0.0198. The van der Waals surface area contributed by atoms with Crippen molar-refractivity contribution >= 4 is 0 Å². The van der Waals surface area contributed by atoms with E-state index in [4.69, 9.17) is 15.2 Å². The lowest BCUT2D eigenvalue weighted by Gasteiger charge is -2.48. The van der Waals surface area contributed by atoms with Crippen LogP contribution in [0, 0.1) is 5.92 Å². The highest BCUT2D eigenvalue weighted by Crippen LogP contribution is 2.34. The van der Waals surface area contributed by atoms with Crippen LogP contribution in [0.2, 0.25) is 0 Å². The van der Waals surface area contributed by atoms with E-state index in [0.29, 0.717) is 12.0 Å². The topological polar surface area (TPSA) is 47.7 Å². The molecule has 0 unspecified atom stereocenters. The standard InChI is InChI=1S/C15H32N2O2/c1-13(2)11-17(9-10-18-3)15(12-16)7-5-14(19-4)6-8-15/h13-14H,5-12,16H2,1-4H3. The average molecular weight is 272 g/mol. The van der Waals surface area contributed by atoms with E-state index >= 15 is 0 Å². The third-order valence-corrected chi connectivity index (χ3v) is 4.40. The Bertz CT molecular complexity index is 238. The van der Waals surface area contributed by atoms with Crippen molar-refractivity contribution in [2.45, 2.75) is 51.2 Å². The highest BCUT2D eigenvalue weighted by atomic mass is 16.5. The number of nitrogens with zero attached hydrogens (tertiary/aromatic N) is 1. The molecule has 19 heavy (non-hydrogen) atoms. The first kappa shape index (κ1) is 16.9. The fraction of sp³-hybridized carbons (Fsp3) is 1.00. The van der Waals surface area contributed by atoms with E-state index in [1.165, 1.54) is 0 Å². The van der Waals surface area contributed by atoms with Gasteiger partial charge in [-0.2, -0.15) is 0 Å². The Balaban J connectivity index is 2.70. The van der Waals surface area contributed by atoms with Gasteiger partial charge in [0.2, 0.25) is 0 Å². The highest BCUT2D eigenvalue weighted by molar-refractivity contribution is 4.96. The average Bonchev–Trinajstić information content (AvgIpc) is 2.43. The van der Waals surface area contributed by atoms with Gasteiger partial charge >= 0.3 is 0 Å². The Labute approximate surface area is 118 Å². The zero-order valence-corrected chi connectivity index (χ0v) is 13.2. The maximum absolute atomic E-state index is 6.15. The molecule has 0 heterocycles. The molecule has 0 aliphatic heterocycles. The minimum Gasteiger partial charge on any atom is -0.383 e. The summed E-state index contributed by atoms with van der Waals surface area (Å²) in [4.78, 5) is 2.56. The molecule has 0 saturated heterocycles. The van der Waals surface area contributed by atoms with Gasteiger partial charge < -0.3 is 15.2 Å². The number of hydrogen-bond acceptors (Lipinski definition) is 4. The smallest absolute Gasteiger partial charge is 0.0589 e. The summed E-state index contributed by atoms with van der Waals surface area (Å²) in [7, 11) is 3.58. The molecule has 1 rings (SSSR count). The summed E-state index contributed by atoms with van der Waals surface area (Å²) < 4.78 is 10.8. The summed E-state index contributed by atoms with van der Waals surface area (Å²) in [6.45, 7) is 8.12.